The maximum absolute atomic E-state index is 12.9. The van der Waals surface area contributed by atoms with E-state index in [1.54, 1.807) is 12.1 Å². The number of hydrogen-bond acceptors (Lipinski definition) is 1. The van der Waals surface area contributed by atoms with Gasteiger partial charge in [0.05, 0.1) is 5.02 Å². The van der Waals surface area contributed by atoms with E-state index in [9.17, 15) is 9.50 Å². The van der Waals surface area contributed by atoms with Gasteiger partial charge in [-0.3, -0.25) is 0 Å². The normalized spacial score (nSPS) is 18.6. The lowest BCUT2D eigenvalue weighted by molar-refractivity contribution is 0.0450. The molecule has 1 aromatic rings. The van der Waals surface area contributed by atoms with Gasteiger partial charge in [-0.1, -0.05) is 24.1 Å². The Morgan fingerprint density at radius 3 is 2.60 bits per heavy atom. The van der Waals surface area contributed by atoms with Crippen LogP contribution in [0, 0.1) is 11.2 Å². The highest BCUT2D eigenvalue weighted by Gasteiger charge is 2.36. The van der Waals surface area contributed by atoms with Gasteiger partial charge in [0.1, 0.15) is 5.82 Å². The molecule has 0 saturated heterocycles. The average Bonchev–Trinajstić information content (AvgIpc) is 2.17. The molecule has 0 atom stereocenters. The van der Waals surface area contributed by atoms with Crippen molar-refractivity contribution in [1.82, 2.24) is 0 Å². The maximum Gasteiger partial charge on any atom is 0.141 e. The third-order valence-electron chi connectivity index (χ3n) is 3.31. The molecule has 0 bridgehead atoms. The Morgan fingerprint density at radius 1 is 1.40 bits per heavy atom. The van der Waals surface area contributed by atoms with Crippen LogP contribution in [0.4, 0.5) is 4.39 Å². The van der Waals surface area contributed by atoms with Gasteiger partial charge in [-0.05, 0) is 42.4 Å². The summed E-state index contributed by atoms with van der Waals surface area (Å²) in [6.45, 7) is 0.210. The molecule has 0 amide bonds. The minimum Gasteiger partial charge on any atom is -0.396 e. The molecule has 15 heavy (non-hydrogen) atoms. The number of aliphatic hydroxyl groups excluding tert-OH is 1. The summed E-state index contributed by atoms with van der Waals surface area (Å²) in [7, 11) is 0. The van der Waals surface area contributed by atoms with E-state index in [0.717, 1.165) is 24.8 Å². The second-order valence-electron chi connectivity index (χ2n) is 4.44. The molecule has 82 valence electrons. The zero-order valence-corrected chi connectivity index (χ0v) is 9.23. The first-order valence-corrected chi connectivity index (χ1v) is 5.58. The molecule has 1 nitrogen and oxygen atoms in total. The molecular weight excluding hydrogens is 215 g/mol. The summed E-state index contributed by atoms with van der Waals surface area (Å²) < 4.78 is 12.9. The van der Waals surface area contributed by atoms with Gasteiger partial charge >= 0.3 is 0 Å². The van der Waals surface area contributed by atoms with Crippen molar-refractivity contribution in [3.8, 4) is 0 Å². The van der Waals surface area contributed by atoms with Gasteiger partial charge in [-0.15, -0.1) is 0 Å². The summed E-state index contributed by atoms with van der Waals surface area (Å²) in [6, 6.07) is 4.80. The second-order valence-corrected chi connectivity index (χ2v) is 4.84. The number of halogens is 2. The zero-order valence-electron chi connectivity index (χ0n) is 8.47. The van der Waals surface area contributed by atoms with E-state index in [1.807, 2.05) is 0 Å². The van der Waals surface area contributed by atoms with Crippen molar-refractivity contribution in [2.75, 3.05) is 6.61 Å². The molecule has 0 spiro atoms. The van der Waals surface area contributed by atoms with Gasteiger partial charge in [0.15, 0.2) is 0 Å². The predicted molar refractivity (Wildman–Crippen MR) is 58.5 cm³/mol. The standard InChI is InChI=1S/C12H14ClFO/c13-10-6-9(2-3-11(10)14)7-12(8-15)4-1-5-12/h2-3,6,15H,1,4-5,7-8H2. The lowest BCUT2D eigenvalue weighted by atomic mass is 9.66. The molecule has 0 aromatic heterocycles. The average molecular weight is 229 g/mol. The van der Waals surface area contributed by atoms with Crippen molar-refractivity contribution in [3.63, 3.8) is 0 Å². The molecule has 1 aromatic carbocycles. The van der Waals surface area contributed by atoms with Crippen LogP contribution in [0.25, 0.3) is 0 Å². The largest absolute Gasteiger partial charge is 0.396 e. The fourth-order valence-electron chi connectivity index (χ4n) is 2.15. The monoisotopic (exact) mass is 228 g/mol. The molecule has 1 fully saturated rings. The molecule has 0 aliphatic heterocycles. The summed E-state index contributed by atoms with van der Waals surface area (Å²) >= 11 is 5.71. The highest BCUT2D eigenvalue weighted by molar-refractivity contribution is 6.30. The maximum atomic E-state index is 12.9. The number of rotatable bonds is 3. The zero-order chi connectivity index (χ0) is 10.9. The molecule has 0 radical (unpaired) electrons. The van der Waals surface area contributed by atoms with Gasteiger partial charge in [0.25, 0.3) is 0 Å². The molecule has 0 unspecified atom stereocenters. The first-order chi connectivity index (χ1) is 7.15. The van der Waals surface area contributed by atoms with Crippen LogP contribution in [-0.2, 0) is 6.42 Å². The summed E-state index contributed by atoms with van der Waals surface area (Å²) in [5, 5.41) is 9.48. The summed E-state index contributed by atoms with van der Waals surface area (Å²) in [4.78, 5) is 0. The van der Waals surface area contributed by atoms with E-state index in [-0.39, 0.29) is 22.9 Å². The van der Waals surface area contributed by atoms with Crippen molar-refractivity contribution < 1.29 is 9.50 Å². The second kappa shape index (κ2) is 4.11. The Bertz CT molecular complexity index is 355. The van der Waals surface area contributed by atoms with Crippen molar-refractivity contribution in [1.29, 1.82) is 0 Å². The van der Waals surface area contributed by atoms with Gasteiger partial charge in [-0.25, -0.2) is 4.39 Å². The Labute approximate surface area is 93.9 Å². The van der Waals surface area contributed by atoms with Crippen LogP contribution in [0.5, 0.6) is 0 Å². The molecule has 2 rings (SSSR count). The third-order valence-corrected chi connectivity index (χ3v) is 3.60. The van der Waals surface area contributed by atoms with Gasteiger partial charge in [0, 0.05) is 6.61 Å². The van der Waals surface area contributed by atoms with E-state index >= 15 is 0 Å². The minimum atomic E-state index is -0.382. The first kappa shape index (κ1) is 10.9. The van der Waals surface area contributed by atoms with Crippen molar-refractivity contribution >= 4 is 11.6 Å². The molecule has 3 heteroatoms. The van der Waals surface area contributed by atoms with Crippen molar-refractivity contribution in [2.24, 2.45) is 5.41 Å². The Kier molecular flexibility index (Phi) is 2.98. The van der Waals surface area contributed by atoms with Crippen LogP contribution in [-0.4, -0.2) is 11.7 Å². The van der Waals surface area contributed by atoms with E-state index in [1.165, 1.54) is 12.5 Å². The fraction of sp³-hybridized carbons (Fsp3) is 0.500. The molecule has 0 heterocycles. The minimum absolute atomic E-state index is 0.0289. The third kappa shape index (κ3) is 2.16. The number of benzene rings is 1. The molecule has 1 aliphatic carbocycles. The molecule has 1 N–H and O–H groups in total. The Morgan fingerprint density at radius 2 is 2.13 bits per heavy atom. The van der Waals surface area contributed by atoms with Crippen LogP contribution < -0.4 is 0 Å². The fourth-order valence-corrected chi connectivity index (χ4v) is 2.35. The summed E-state index contributed by atoms with van der Waals surface area (Å²) in [5.41, 5.74) is 1.04. The van der Waals surface area contributed by atoms with Crippen molar-refractivity contribution in [3.05, 3.63) is 34.6 Å². The highest BCUT2D eigenvalue weighted by Crippen LogP contribution is 2.43. The molecule has 1 aliphatic rings. The molecule has 1 saturated carbocycles. The van der Waals surface area contributed by atoms with Crippen LogP contribution in [0.15, 0.2) is 18.2 Å². The number of aliphatic hydroxyl groups is 1. The van der Waals surface area contributed by atoms with E-state index < -0.39 is 0 Å². The van der Waals surface area contributed by atoms with E-state index in [0.29, 0.717) is 0 Å². The van der Waals surface area contributed by atoms with Gasteiger partial charge in [-0.2, -0.15) is 0 Å². The lowest BCUT2D eigenvalue weighted by Gasteiger charge is -2.40. The predicted octanol–water partition coefficient (Wildman–Crippen LogP) is 3.18. The smallest absolute Gasteiger partial charge is 0.141 e. The Hall–Kier alpha value is -0.600. The first-order valence-electron chi connectivity index (χ1n) is 5.20. The van der Waals surface area contributed by atoms with Crippen LogP contribution in [0.1, 0.15) is 24.8 Å². The van der Waals surface area contributed by atoms with Gasteiger partial charge in [0.2, 0.25) is 0 Å². The van der Waals surface area contributed by atoms with E-state index in [2.05, 4.69) is 0 Å². The van der Waals surface area contributed by atoms with Gasteiger partial charge < -0.3 is 5.11 Å². The van der Waals surface area contributed by atoms with Crippen LogP contribution >= 0.6 is 11.6 Å². The summed E-state index contributed by atoms with van der Waals surface area (Å²) in [6.07, 6.45) is 4.08. The quantitative estimate of drug-likeness (QED) is 0.843. The Balaban J connectivity index is 2.13. The molecular formula is C12H14ClFO. The highest BCUT2D eigenvalue weighted by atomic mass is 35.5. The van der Waals surface area contributed by atoms with Crippen molar-refractivity contribution in [2.45, 2.75) is 25.7 Å². The SMILES string of the molecule is OCC1(Cc2ccc(F)c(Cl)c2)CCC1. The van der Waals surface area contributed by atoms with E-state index in [4.69, 9.17) is 11.6 Å². The lowest BCUT2D eigenvalue weighted by Crippen LogP contribution is -2.35. The summed E-state index contributed by atoms with van der Waals surface area (Å²) in [5.74, 6) is -0.382. The number of hydrogen-bond donors (Lipinski definition) is 1. The van der Waals surface area contributed by atoms with Crippen LogP contribution in [0.3, 0.4) is 0 Å². The topological polar surface area (TPSA) is 20.2 Å². The van der Waals surface area contributed by atoms with Crippen LogP contribution in [0.2, 0.25) is 5.02 Å².